The van der Waals surface area contributed by atoms with Crippen LogP contribution < -0.4 is 29.6 Å². The van der Waals surface area contributed by atoms with E-state index in [4.69, 9.17) is 18.9 Å². The van der Waals surface area contributed by atoms with Crippen molar-refractivity contribution in [3.63, 3.8) is 0 Å². The van der Waals surface area contributed by atoms with E-state index in [0.717, 1.165) is 23.4 Å². The van der Waals surface area contributed by atoms with Gasteiger partial charge >= 0.3 is 0 Å². The number of imidazole rings is 1. The number of likely N-dealkylation sites (tertiary alicyclic amines) is 1. The number of carbonyl (C=O) groups is 3. The lowest BCUT2D eigenvalue weighted by Crippen LogP contribution is -2.58. The van der Waals surface area contributed by atoms with Crippen molar-refractivity contribution in [3.05, 3.63) is 65.7 Å². The van der Waals surface area contributed by atoms with Crippen molar-refractivity contribution in [2.24, 2.45) is 0 Å². The summed E-state index contributed by atoms with van der Waals surface area (Å²) in [5.74, 6) is 2.51. The van der Waals surface area contributed by atoms with Gasteiger partial charge in [-0.25, -0.2) is 4.98 Å². The van der Waals surface area contributed by atoms with Gasteiger partial charge in [-0.05, 0) is 36.2 Å². The van der Waals surface area contributed by atoms with Crippen LogP contribution in [0, 0.1) is 0 Å². The maximum atomic E-state index is 13.3. The van der Waals surface area contributed by atoms with E-state index in [2.05, 4.69) is 15.6 Å². The van der Waals surface area contributed by atoms with E-state index >= 15 is 0 Å². The van der Waals surface area contributed by atoms with Crippen LogP contribution in [0.3, 0.4) is 0 Å². The fraction of sp³-hybridized carbons (Fsp3) is 0.455. The lowest BCUT2D eigenvalue weighted by atomic mass is 10.0. The van der Waals surface area contributed by atoms with Gasteiger partial charge in [0.2, 0.25) is 11.8 Å². The maximum absolute atomic E-state index is 13.3. The predicted octanol–water partition coefficient (Wildman–Crippen LogP) is 2.66. The molecule has 3 amide bonds. The topological polar surface area (TPSA) is 133 Å². The lowest BCUT2D eigenvalue weighted by molar-refractivity contribution is -0.135. The Hall–Kier alpha value is -4.74. The fourth-order valence-electron chi connectivity index (χ4n) is 5.71. The van der Waals surface area contributed by atoms with E-state index in [-0.39, 0.29) is 30.7 Å². The van der Waals surface area contributed by atoms with Crippen molar-refractivity contribution in [2.45, 2.75) is 64.3 Å². The number of aromatic nitrogens is 2. The fourth-order valence-corrected chi connectivity index (χ4v) is 5.71. The number of piperidine rings is 1. The Kier molecular flexibility index (Phi) is 10.4. The number of methoxy groups -OCH3 is 2. The molecular formula is C33H41N5O7. The lowest BCUT2D eigenvalue weighted by Gasteiger charge is -2.39. The van der Waals surface area contributed by atoms with Gasteiger partial charge in [-0.3, -0.25) is 14.4 Å². The Morgan fingerprint density at radius 2 is 1.91 bits per heavy atom. The molecule has 4 heterocycles. The number of hydrogen-bond donors (Lipinski definition) is 2. The molecule has 12 nitrogen and oxygen atoms in total. The summed E-state index contributed by atoms with van der Waals surface area (Å²) in [5.41, 5.74) is 1.68. The predicted molar refractivity (Wildman–Crippen MR) is 165 cm³/mol. The number of nitrogens with zero attached hydrogens (tertiary/aromatic N) is 3. The van der Waals surface area contributed by atoms with E-state index in [1.807, 2.05) is 35.9 Å². The van der Waals surface area contributed by atoms with E-state index in [1.165, 1.54) is 7.11 Å². The SMILES string of the molecule is CCc1nccn1CCC(=O)N1CC[C@@H]2Oc3ccc(c(OC)c3)CNC(=O)CCc3ccc(OC)c(c3)OCC(=O)N[C@@H]2C1. The molecule has 2 aromatic carbocycles. The molecule has 0 radical (unpaired) electrons. The van der Waals surface area contributed by atoms with Crippen LogP contribution >= 0.6 is 0 Å². The molecule has 3 aliphatic rings. The molecule has 2 N–H and O–H groups in total. The first-order valence-electron chi connectivity index (χ1n) is 15.3. The Morgan fingerprint density at radius 1 is 1.07 bits per heavy atom. The van der Waals surface area contributed by atoms with Gasteiger partial charge in [0.1, 0.15) is 23.4 Å². The Morgan fingerprint density at radius 3 is 2.71 bits per heavy atom. The van der Waals surface area contributed by atoms with E-state index in [1.54, 1.807) is 36.4 Å². The largest absolute Gasteiger partial charge is 0.496 e. The Labute approximate surface area is 263 Å². The number of nitrogens with one attached hydrogen (secondary N) is 2. The standard InChI is InChI=1S/C33H41N5O7/c1-4-30-34-13-16-37(30)15-12-33(41)38-14-11-26-25(20-38)36-32(40)21-44-29-17-22(5-9-27(29)42-2)6-10-31(39)35-19-23-7-8-24(45-26)18-28(23)43-3/h5,7-9,13,16-18,25-26H,4,6,10-12,14-15,19-21H2,1-3H3,(H,35,39)(H,36,40)/t25-,26+/m1/s1. The first-order chi connectivity index (χ1) is 21.9. The van der Waals surface area contributed by atoms with Gasteiger partial charge in [-0.1, -0.05) is 13.0 Å². The molecular weight excluding hydrogens is 578 g/mol. The summed E-state index contributed by atoms with van der Waals surface area (Å²) in [6, 6.07) is 10.4. The third-order valence-corrected chi connectivity index (χ3v) is 8.18. The molecule has 0 unspecified atom stereocenters. The van der Waals surface area contributed by atoms with Crippen LogP contribution in [0.2, 0.25) is 0 Å². The van der Waals surface area contributed by atoms with Gasteiger partial charge in [0.25, 0.3) is 5.91 Å². The average Bonchev–Trinajstić information content (AvgIpc) is 3.52. The number of hydrogen-bond acceptors (Lipinski definition) is 8. The molecule has 3 aromatic rings. The zero-order chi connectivity index (χ0) is 31.8. The zero-order valence-electron chi connectivity index (χ0n) is 26.0. The van der Waals surface area contributed by atoms with Crippen LogP contribution in [0.1, 0.15) is 43.1 Å². The highest BCUT2D eigenvalue weighted by molar-refractivity contribution is 5.79. The van der Waals surface area contributed by atoms with Gasteiger partial charge in [-0.2, -0.15) is 0 Å². The molecule has 45 heavy (non-hydrogen) atoms. The summed E-state index contributed by atoms with van der Waals surface area (Å²) in [6.07, 6.45) is 5.61. The molecule has 0 saturated carbocycles. The Bertz CT molecular complexity index is 1510. The van der Waals surface area contributed by atoms with Gasteiger partial charge in [-0.15, -0.1) is 0 Å². The smallest absolute Gasteiger partial charge is 0.258 e. The number of carbonyl (C=O) groups excluding carboxylic acids is 3. The molecule has 4 bridgehead atoms. The van der Waals surface area contributed by atoms with Gasteiger partial charge < -0.3 is 39.0 Å². The zero-order valence-corrected chi connectivity index (χ0v) is 26.0. The first kappa shape index (κ1) is 31.7. The molecule has 1 fully saturated rings. The van der Waals surface area contributed by atoms with Crippen LogP contribution in [-0.4, -0.2) is 78.2 Å². The second kappa shape index (κ2) is 14.8. The number of benzene rings is 2. The minimum atomic E-state index is -0.487. The van der Waals surface area contributed by atoms with Crippen molar-refractivity contribution in [2.75, 3.05) is 33.9 Å². The quantitative estimate of drug-likeness (QED) is 0.431. The van der Waals surface area contributed by atoms with Gasteiger partial charge in [0, 0.05) is 75.9 Å². The highest BCUT2D eigenvalue weighted by Gasteiger charge is 2.34. The number of aryl methyl sites for hydroxylation is 3. The number of ether oxygens (including phenoxy) is 4. The summed E-state index contributed by atoms with van der Waals surface area (Å²) in [5, 5.41) is 6.01. The molecule has 1 saturated heterocycles. The molecule has 240 valence electrons. The second-order valence-electron chi connectivity index (χ2n) is 11.1. The minimum Gasteiger partial charge on any atom is -0.496 e. The Balaban J connectivity index is 1.36. The second-order valence-corrected chi connectivity index (χ2v) is 11.1. The van der Waals surface area contributed by atoms with E-state index < -0.39 is 12.1 Å². The number of amides is 3. The molecule has 1 aromatic heterocycles. The van der Waals surface area contributed by atoms with Crippen LogP contribution in [0.25, 0.3) is 0 Å². The maximum Gasteiger partial charge on any atom is 0.258 e. The van der Waals surface area contributed by atoms with Crippen LogP contribution in [-0.2, 0) is 40.3 Å². The minimum absolute atomic E-state index is 0.000144. The third-order valence-electron chi connectivity index (χ3n) is 8.18. The van der Waals surface area contributed by atoms with Crippen molar-refractivity contribution in [1.29, 1.82) is 0 Å². The third kappa shape index (κ3) is 8.05. The van der Waals surface area contributed by atoms with Gasteiger partial charge in [0.15, 0.2) is 18.1 Å². The normalized spacial score (nSPS) is 19.0. The number of rotatable bonds is 6. The molecule has 3 aliphatic heterocycles. The van der Waals surface area contributed by atoms with E-state index in [0.29, 0.717) is 68.4 Å². The summed E-state index contributed by atoms with van der Waals surface area (Å²) < 4.78 is 25.3. The molecule has 12 heteroatoms. The summed E-state index contributed by atoms with van der Waals surface area (Å²) in [7, 11) is 3.10. The van der Waals surface area contributed by atoms with Crippen molar-refractivity contribution in [1.82, 2.24) is 25.1 Å². The van der Waals surface area contributed by atoms with Crippen LogP contribution in [0.15, 0.2) is 48.8 Å². The molecule has 2 atom stereocenters. The van der Waals surface area contributed by atoms with Crippen LogP contribution in [0.5, 0.6) is 23.0 Å². The average molecular weight is 620 g/mol. The highest BCUT2D eigenvalue weighted by atomic mass is 16.5. The van der Waals surface area contributed by atoms with E-state index in [9.17, 15) is 14.4 Å². The summed E-state index contributed by atoms with van der Waals surface area (Å²) >= 11 is 0. The summed E-state index contributed by atoms with van der Waals surface area (Å²) in [6.45, 7) is 3.39. The molecule has 6 rings (SSSR count). The van der Waals surface area contributed by atoms with Crippen molar-refractivity contribution < 1.29 is 33.3 Å². The van der Waals surface area contributed by atoms with Crippen molar-refractivity contribution >= 4 is 17.7 Å². The first-order valence-corrected chi connectivity index (χ1v) is 15.3. The van der Waals surface area contributed by atoms with Crippen molar-refractivity contribution in [3.8, 4) is 23.0 Å². The molecule has 0 spiro atoms. The number of fused-ring (bicyclic) bond motifs is 9. The van der Waals surface area contributed by atoms with Gasteiger partial charge in [0.05, 0.1) is 20.3 Å². The monoisotopic (exact) mass is 619 g/mol. The highest BCUT2D eigenvalue weighted by Crippen LogP contribution is 2.30. The summed E-state index contributed by atoms with van der Waals surface area (Å²) in [4.78, 5) is 45.3. The molecule has 0 aliphatic carbocycles. The van der Waals surface area contributed by atoms with Crippen LogP contribution in [0.4, 0.5) is 0 Å².